The van der Waals surface area contributed by atoms with E-state index in [-0.39, 0.29) is 18.0 Å². The first-order valence-corrected chi connectivity index (χ1v) is 7.38. The summed E-state index contributed by atoms with van der Waals surface area (Å²) in [5.74, 6) is -1.58. The summed E-state index contributed by atoms with van der Waals surface area (Å²) >= 11 is 0. The number of benzene rings is 1. The zero-order valence-electron chi connectivity index (χ0n) is 12.1. The monoisotopic (exact) mass is 308 g/mol. The second kappa shape index (κ2) is 6.14. The standard InChI is InChI=1S/C16H18F2N2O2/c17-13-4-3-11(7-14(13)18)15-20-12(9-22-15)8-19-16(10-21)5-1-2-6-16/h3-4,7,9,19,21H,1-2,5-6,8,10H2. The molecule has 6 heteroatoms. The van der Waals surface area contributed by atoms with Gasteiger partial charge < -0.3 is 14.8 Å². The number of nitrogens with zero attached hydrogens (tertiary/aromatic N) is 1. The molecule has 0 spiro atoms. The van der Waals surface area contributed by atoms with Crippen LogP contribution in [0.25, 0.3) is 11.5 Å². The third-order valence-corrected chi connectivity index (χ3v) is 4.23. The zero-order chi connectivity index (χ0) is 15.6. The van der Waals surface area contributed by atoms with E-state index in [0.717, 1.165) is 37.8 Å². The van der Waals surface area contributed by atoms with E-state index >= 15 is 0 Å². The van der Waals surface area contributed by atoms with Gasteiger partial charge >= 0.3 is 0 Å². The normalized spacial score (nSPS) is 17.0. The second-order valence-electron chi connectivity index (χ2n) is 5.77. The predicted octanol–water partition coefficient (Wildman–Crippen LogP) is 3.01. The summed E-state index contributed by atoms with van der Waals surface area (Å²) in [4.78, 5) is 4.28. The molecular weight excluding hydrogens is 290 g/mol. The van der Waals surface area contributed by atoms with Crippen LogP contribution in [0.15, 0.2) is 28.9 Å². The molecule has 0 atom stereocenters. The number of halogens is 2. The first-order chi connectivity index (χ1) is 10.6. The van der Waals surface area contributed by atoms with Crippen LogP contribution < -0.4 is 5.32 Å². The highest BCUT2D eigenvalue weighted by molar-refractivity contribution is 5.53. The summed E-state index contributed by atoms with van der Waals surface area (Å²) in [6, 6.07) is 3.53. The first kappa shape index (κ1) is 15.1. The van der Waals surface area contributed by atoms with E-state index in [9.17, 15) is 13.9 Å². The van der Waals surface area contributed by atoms with Crippen molar-refractivity contribution in [3.05, 3.63) is 41.8 Å². The maximum atomic E-state index is 13.2. The molecule has 1 aliphatic carbocycles. The number of aliphatic hydroxyl groups excluding tert-OH is 1. The Morgan fingerprint density at radius 3 is 2.68 bits per heavy atom. The van der Waals surface area contributed by atoms with Crippen LogP contribution in [0.5, 0.6) is 0 Å². The lowest BCUT2D eigenvalue weighted by atomic mass is 9.99. The third kappa shape index (κ3) is 3.03. The van der Waals surface area contributed by atoms with Gasteiger partial charge in [0.1, 0.15) is 6.26 Å². The zero-order valence-corrected chi connectivity index (χ0v) is 12.1. The first-order valence-electron chi connectivity index (χ1n) is 7.38. The maximum Gasteiger partial charge on any atom is 0.226 e. The van der Waals surface area contributed by atoms with Gasteiger partial charge in [-0.3, -0.25) is 0 Å². The largest absolute Gasteiger partial charge is 0.444 e. The van der Waals surface area contributed by atoms with Crippen molar-refractivity contribution in [3.8, 4) is 11.5 Å². The van der Waals surface area contributed by atoms with Gasteiger partial charge in [0.25, 0.3) is 0 Å². The Hall–Kier alpha value is -1.79. The lowest BCUT2D eigenvalue weighted by molar-refractivity contribution is 0.162. The summed E-state index contributed by atoms with van der Waals surface area (Å²) in [5.41, 5.74) is 0.823. The lowest BCUT2D eigenvalue weighted by Gasteiger charge is -2.27. The Morgan fingerprint density at radius 1 is 1.23 bits per heavy atom. The summed E-state index contributed by atoms with van der Waals surface area (Å²) in [6.45, 7) is 0.564. The molecule has 0 unspecified atom stereocenters. The molecule has 2 aromatic rings. The predicted molar refractivity (Wildman–Crippen MR) is 77.0 cm³/mol. The Bertz CT molecular complexity index is 651. The highest BCUT2D eigenvalue weighted by Crippen LogP contribution is 2.29. The molecule has 1 aliphatic rings. The molecular formula is C16H18F2N2O2. The van der Waals surface area contributed by atoms with Gasteiger partial charge in [0.15, 0.2) is 11.6 Å². The van der Waals surface area contributed by atoms with E-state index in [1.54, 1.807) is 0 Å². The van der Waals surface area contributed by atoms with Crippen LogP contribution in [-0.2, 0) is 6.54 Å². The minimum absolute atomic E-state index is 0.0981. The van der Waals surface area contributed by atoms with Crippen LogP contribution in [0.4, 0.5) is 8.78 Å². The van der Waals surface area contributed by atoms with Crippen LogP contribution in [-0.4, -0.2) is 22.2 Å². The van der Waals surface area contributed by atoms with Crippen LogP contribution in [0.1, 0.15) is 31.4 Å². The molecule has 1 fully saturated rings. The number of hydrogen-bond donors (Lipinski definition) is 2. The van der Waals surface area contributed by atoms with E-state index < -0.39 is 11.6 Å². The van der Waals surface area contributed by atoms with Crippen molar-refractivity contribution in [2.24, 2.45) is 0 Å². The van der Waals surface area contributed by atoms with Gasteiger partial charge in [0, 0.05) is 17.6 Å². The Morgan fingerprint density at radius 2 is 2.00 bits per heavy atom. The molecule has 0 amide bonds. The lowest BCUT2D eigenvalue weighted by Crippen LogP contribution is -2.45. The molecule has 118 valence electrons. The van der Waals surface area contributed by atoms with Crippen LogP contribution in [0, 0.1) is 11.6 Å². The molecule has 22 heavy (non-hydrogen) atoms. The second-order valence-corrected chi connectivity index (χ2v) is 5.77. The van der Waals surface area contributed by atoms with Crippen molar-refractivity contribution in [2.75, 3.05) is 6.61 Å². The van der Waals surface area contributed by atoms with Crippen molar-refractivity contribution in [1.82, 2.24) is 10.3 Å². The van der Waals surface area contributed by atoms with Crippen molar-refractivity contribution >= 4 is 0 Å². The number of nitrogens with one attached hydrogen (secondary N) is 1. The summed E-state index contributed by atoms with van der Waals surface area (Å²) in [5, 5.41) is 12.9. The fourth-order valence-corrected chi connectivity index (χ4v) is 2.87. The summed E-state index contributed by atoms with van der Waals surface area (Å²) < 4.78 is 31.5. The van der Waals surface area contributed by atoms with Crippen molar-refractivity contribution in [1.29, 1.82) is 0 Å². The van der Waals surface area contributed by atoms with E-state index in [1.165, 1.54) is 12.3 Å². The maximum absolute atomic E-state index is 13.2. The fraction of sp³-hybridized carbons (Fsp3) is 0.438. The van der Waals surface area contributed by atoms with Gasteiger partial charge in [-0.2, -0.15) is 0 Å². The Kier molecular flexibility index (Phi) is 4.22. The third-order valence-electron chi connectivity index (χ3n) is 4.23. The Balaban J connectivity index is 1.69. The average molecular weight is 308 g/mol. The van der Waals surface area contributed by atoms with Crippen molar-refractivity contribution < 1.29 is 18.3 Å². The van der Waals surface area contributed by atoms with Crippen molar-refractivity contribution in [2.45, 2.75) is 37.8 Å². The van der Waals surface area contributed by atoms with Crippen LogP contribution in [0.3, 0.4) is 0 Å². The SMILES string of the molecule is OCC1(NCc2coc(-c3ccc(F)c(F)c3)n2)CCCC1. The number of hydrogen-bond acceptors (Lipinski definition) is 4. The smallest absolute Gasteiger partial charge is 0.226 e. The molecule has 0 radical (unpaired) electrons. The molecule has 1 heterocycles. The van der Waals surface area contributed by atoms with Gasteiger partial charge in [-0.05, 0) is 31.0 Å². The molecule has 3 rings (SSSR count). The van der Waals surface area contributed by atoms with E-state index in [4.69, 9.17) is 4.42 Å². The number of aliphatic hydroxyl groups is 1. The molecule has 0 bridgehead atoms. The van der Waals surface area contributed by atoms with Gasteiger partial charge in [0.05, 0.1) is 12.3 Å². The fourth-order valence-electron chi connectivity index (χ4n) is 2.87. The number of rotatable bonds is 5. The quantitative estimate of drug-likeness (QED) is 0.891. The summed E-state index contributed by atoms with van der Waals surface area (Å²) in [7, 11) is 0. The molecule has 1 aromatic carbocycles. The molecule has 1 saturated carbocycles. The van der Waals surface area contributed by atoms with E-state index in [0.29, 0.717) is 17.8 Å². The molecule has 0 saturated heterocycles. The highest BCUT2D eigenvalue weighted by Gasteiger charge is 2.32. The molecule has 0 aliphatic heterocycles. The molecule has 4 nitrogen and oxygen atoms in total. The highest BCUT2D eigenvalue weighted by atomic mass is 19.2. The van der Waals surface area contributed by atoms with Gasteiger partial charge in [-0.15, -0.1) is 0 Å². The minimum atomic E-state index is -0.930. The minimum Gasteiger partial charge on any atom is -0.444 e. The van der Waals surface area contributed by atoms with Crippen molar-refractivity contribution in [3.63, 3.8) is 0 Å². The topological polar surface area (TPSA) is 58.3 Å². The Labute approximate surface area is 127 Å². The van der Waals surface area contributed by atoms with Crippen LogP contribution in [0.2, 0.25) is 0 Å². The van der Waals surface area contributed by atoms with Gasteiger partial charge in [-0.1, -0.05) is 12.8 Å². The number of aromatic nitrogens is 1. The van der Waals surface area contributed by atoms with Gasteiger partial charge in [0.2, 0.25) is 5.89 Å². The molecule has 1 aromatic heterocycles. The van der Waals surface area contributed by atoms with Gasteiger partial charge in [-0.25, -0.2) is 13.8 Å². The summed E-state index contributed by atoms with van der Waals surface area (Å²) in [6.07, 6.45) is 5.58. The molecule has 2 N–H and O–H groups in total. The van der Waals surface area contributed by atoms with Crippen LogP contribution >= 0.6 is 0 Å². The average Bonchev–Trinajstić information content (AvgIpc) is 3.17. The number of oxazole rings is 1. The van der Waals surface area contributed by atoms with E-state index in [1.807, 2.05) is 0 Å². The van der Waals surface area contributed by atoms with E-state index in [2.05, 4.69) is 10.3 Å².